The van der Waals surface area contributed by atoms with Gasteiger partial charge in [0.25, 0.3) is 0 Å². The molecule has 136 valence electrons. The number of unbranched alkanes of at least 4 members (excludes halogenated alkanes) is 3. The average molecular weight is 354 g/mol. The van der Waals surface area contributed by atoms with E-state index in [0.29, 0.717) is 0 Å². The van der Waals surface area contributed by atoms with Crippen LogP contribution in [-0.4, -0.2) is 0 Å². The number of hydrogen-bond acceptors (Lipinski definition) is 2. The van der Waals surface area contributed by atoms with Crippen molar-refractivity contribution in [2.75, 3.05) is 0 Å². The highest BCUT2D eigenvalue weighted by molar-refractivity contribution is 5.40. The van der Waals surface area contributed by atoms with E-state index in [2.05, 4.69) is 73.7 Å². The van der Waals surface area contributed by atoms with Gasteiger partial charge in [-0.1, -0.05) is 92.9 Å². The van der Waals surface area contributed by atoms with Gasteiger partial charge in [0.05, 0.1) is 10.7 Å². The van der Waals surface area contributed by atoms with Crippen LogP contribution < -0.4 is 10.7 Å². The van der Waals surface area contributed by atoms with Gasteiger partial charge in [0.15, 0.2) is 0 Å². The first-order valence-corrected chi connectivity index (χ1v) is 10.0. The molecule has 0 spiro atoms. The molecule has 0 aliphatic carbocycles. The molecule has 3 aromatic carbocycles. The van der Waals surface area contributed by atoms with Crippen molar-refractivity contribution in [1.82, 2.24) is 0 Å². The quantitative estimate of drug-likeness (QED) is 0.536. The zero-order valence-electron chi connectivity index (χ0n) is 15.9. The Morgan fingerprint density at radius 2 is 1.30 bits per heavy atom. The minimum absolute atomic E-state index is 0.675. The molecular formula is C25H26N2. The molecule has 0 atom stereocenters. The lowest BCUT2D eigenvalue weighted by Gasteiger charge is -2.24. The normalized spacial score (nSPS) is 14.3. The first-order valence-electron chi connectivity index (χ1n) is 10.0. The number of rotatable bonds is 7. The molecule has 1 aliphatic heterocycles. The van der Waals surface area contributed by atoms with Gasteiger partial charge in [-0.05, 0) is 30.5 Å². The first kappa shape index (κ1) is 17.7. The minimum atomic E-state index is -0.675. The minimum Gasteiger partial charge on any atom is -0.244 e. The third kappa shape index (κ3) is 3.57. The highest BCUT2D eigenvalue weighted by Crippen LogP contribution is 2.35. The van der Waals surface area contributed by atoms with Crippen LogP contribution in [-0.2, 0) is 12.1 Å². The summed E-state index contributed by atoms with van der Waals surface area (Å²) >= 11 is 0. The Bertz CT molecular complexity index is 968. The van der Waals surface area contributed by atoms with E-state index in [-0.39, 0.29) is 0 Å². The predicted molar refractivity (Wildman–Crippen MR) is 110 cm³/mol. The molecule has 3 aromatic rings. The Balaban J connectivity index is 1.76. The SMILES string of the molecule is CCCCCCc1ccc2c(c1)=NC(c1ccccc1)(c1ccccc1)N=2. The van der Waals surface area contributed by atoms with Gasteiger partial charge >= 0.3 is 0 Å². The maximum atomic E-state index is 5.16. The molecule has 0 fully saturated rings. The molecule has 2 heteroatoms. The molecule has 0 N–H and O–H groups in total. The summed E-state index contributed by atoms with van der Waals surface area (Å²) in [6.07, 6.45) is 6.25. The zero-order chi connectivity index (χ0) is 18.5. The van der Waals surface area contributed by atoms with Crippen LogP contribution in [0.4, 0.5) is 0 Å². The summed E-state index contributed by atoms with van der Waals surface area (Å²) in [5.74, 6) is 0. The van der Waals surface area contributed by atoms with Crippen LogP contribution in [0.2, 0.25) is 0 Å². The molecule has 0 aromatic heterocycles. The summed E-state index contributed by atoms with van der Waals surface area (Å²) in [5.41, 5.74) is 2.90. The van der Waals surface area contributed by atoms with Gasteiger partial charge in [-0.2, -0.15) is 0 Å². The smallest absolute Gasteiger partial charge is 0.202 e. The van der Waals surface area contributed by atoms with Gasteiger partial charge in [0.2, 0.25) is 5.66 Å². The van der Waals surface area contributed by atoms with E-state index < -0.39 is 5.66 Å². The third-order valence-corrected chi connectivity index (χ3v) is 5.28. The molecule has 0 amide bonds. The number of fused-ring (bicyclic) bond motifs is 1. The summed E-state index contributed by atoms with van der Waals surface area (Å²) in [6, 6.07) is 27.4. The van der Waals surface area contributed by atoms with Crippen LogP contribution in [0.1, 0.15) is 49.3 Å². The summed E-state index contributed by atoms with van der Waals surface area (Å²) in [7, 11) is 0. The van der Waals surface area contributed by atoms with Crippen molar-refractivity contribution < 1.29 is 0 Å². The fourth-order valence-electron chi connectivity index (χ4n) is 3.80. The summed E-state index contributed by atoms with van der Waals surface area (Å²) < 4.78 is 0. The topological polar surface area (TPSA) is 24.7 Å². The predicted octanol–water partition coefficient (Wildman–Crippen LogP) is 4.96. The molecule has 1 aliphatic rings. The summed E-state index contributed by atoms with van der Waals surface area (Å²) in [6.45, 7) is 2.25. The molecular weight excluding hydrogens is 328 g/mol. The molecule has 2 nitrogen and oxygen atoms in total. The molecule has 1 heterocycles. The van der Waals surface area contributed by atoms with E-state index in [1.165, 1.54) is 31.2 Å². The van der Waals surface area contributed by atoms with Crippen molar-refractivity contribution in [3.05, 3.63) is 106 Å². The van der Waals surface area contributed by atoms with Gasteiger partial charge in [-0.3, -0.25) is 0 Å². The first-order chi connectivity index (χ1) is 13.3. The van der Waals surface area contributed by atoms with Gasteiger partial charge in [0.1, 0.15) is 0 Å². The van der Waals surface area contributed by atoms with Crippen molar-refractivity contribution in [2.24, 2.45) is 9.98 Å². The molecule has 0 bridgehead atoms. The van der Waals surface area contributed by atoms with Crippen molar-refractivity contribution in [3.63, 3.8) is 0 Å². The Hall–Kier alpha value is -2.74. The fraction of sp³-hybridized carbons (Fsp3) is 0.280. The van der Waals surface area contributed by atoms with E-state index in [0.717, 1.165) is 28.3 Å². The largest absolute Gasteiger partial charge is 0.244 e. The molecule has 0 radical (unpaired) electrons. The van der Waals surface area contributed by atoms with Gasteiger partial charge in [-0.15, -0.1) is 0 Å². The van der Waals surface area contributed by atoms with Crippen LogP contribution in [0.3, 0.4) is 0 Å². The zero-order valence-corrected chi connectivity index (χ0v) is 15.9. The monoisotopic (exact) mass is 354 g/mol. The lowest BCUT2D eigenvalue weighted by atomic mass is 9.92. The Kier molecular flexibility index (Phi) is 5.15. The van der Waals surface area contributed by atoms with Crippen LogP contribution in [0.5, 0.6) is 0 Å². The van der Waals surface area contributed by atoms with Gasteiger partial charge in [-0.25, -0.2) is 9.98 Å². The lowest BCUT2D eigenvalue weighted by Crippen LogP contribution is -2.22. The van der Waals surface area contributed by atoms with Crippen molar-refractivity contribution in [2.45, 2.75) is 44.7 Å². The lowest BCUT2D eigenvalue weighted by molar-refractivity contribution is 0.569. The standard InChI is InChI=1S/C25H26N2/c1-2-3-4-7-12-20-17-18-23-24(19-20)27-25(26-23,21-13-8-5-9-14-21)22-15-10-6-11-16-22/h5-6,8-11,13-19H,2-4,7,12H2,1H3. The van der Waals surface area contributed by atoms with E-state index in [9.17, 15) is 0 Å². The van der Waals surface area contributed by atoms with Crippen LogP contribution in [0.25, 0.3) is 0 Å². The van der Waals surface area contributed by atoms with Gasteiger partial charge in [0, 0.05) is 11.1 Å². The fourth-order valence-corrected chi connectivity index (χ4v) is 3.80. The van der Waals surface area contributed by atoms with Gasteiger partial charge < -0.3 is 0 Å². The van der Waals surface area contributed by atoms with E-state index in [1.807, 2.05) is 12.1 Å². The highest BCUT2D eigenvalue weighted by atomic mass is 15.1. The summed E-state index contributed by atoms with van der Waals surface area (Å²) in [5, 5.41) is 2.00. The Morgan fingerprint density at radius 3 is 1.93 bits per heavy atom. The van der Waals surface area contributed by atoms with Crippen molar-refractivity contribution in [1.29, 1.82) is 0 Å². The van der Waals surface area contributed by atoms with E-state index >= 15 is 0 Å². The van der Waals surface area contributed by atoms with Crippen LogP contribution in [0.15, 0.2) is 88.8 Å². The average Bonchev–Trinajstić information content (AvgIpc) is 3.13. The van der Waals surface area contributed by atoms with Crippen molar-refractivity contribution in [3.8, 4) is 0 Å². The molecule has 0 saturated carbocycles. The Labute approximate surface area is 161 Å². The second kappa shape index (κ2) is 7.87. The van der Waals surface area contributed by atoms with Crippen LogP contribution in [0, 0.1) is 0 Å². The second-order valence-corrected chi connectivity index (χ2v) is 7.26. The second-order valence-electron chi connectivity index (χ2n) is 7.26. The molecule has 0 saturated heterocycles. The number of benzene rings is 3. The van der Waals surface area contributed by atoms with Crippen LogP contribution >= 0.6 is 0 Å². The number of nitrogens with zero attached hydrogens (tertiary/aromatic N) is 2. The molecule has 0 unspecified atom stereocenters. The third-order valence-electron chi connectivity index (χ3n) is 5.28. The number of aryl methyl sites for hydroxylation is 1. The molecule has 27 heavy (non-hydrogen) atoms. The molecule has 4 rings (SSSR count). The summed E-state index contributed by atoms with van der Waals surface area (Å²) in [4.78, 5) is 10.3. The van der Waals surface area contributed by atoms with E-state index in [1.54, 1.807) is 0 Å². The Morgan fingerprint density at radius 1 is 0.667 bits per heavy atom. The highest BCUT2D eigenvalue weighted by Gasteiger charge is 2.35. The maximum absolute atomic E-state index is 5.16. The van der Waals surface area contributed by atoms with Crippen molar-refractivity contribution >= 4 is 0 Å². The number of hydrogen-bond donors (Lipinski definition) is 0. The maximum Gasteiger partial charge on any atom is 0.202 e. The van der Waals surface area contributed by atoms with E-state index in [4.69, 9.17) is 9.98 Å².